The van der Waals surface area contributed by atoms with Crippen LogP contribution in [-0.4, -0.2) is 0 Å². The van der Waals surface area contributed by atoms with Crippen molar-refractivity contribution in [1.29, 1.82) is 0 Å². The van der Waals surface area contributed by atoms with Gasteiger partial charge in [-0.3, -0.25) is 0 Å². The van der Waals surface area contributed by atoms with Gasteiger partial charge in [0.15, 0.2) is 11.6 Å². The first kappa shape index (κ1) is 29.0. The van der Waals surface area contributed by atoms with Crippen LogP contribution in [0.25, 0.3) is 27.8 Å². The van der Waals surface area contributed by atoms with Gasteiger partial charge in [-0.2, -0.15) is 0 Å². The molecule has 1 aliphatic rings. The van der Waals surface area contributed by atoms with Crippen LogP contribution in [0.3, 0.4) is 0 Å². The molecule has 3 aromatic rings. The topological polar surface area (TPSA) is 0 Å². The zero-order chi connectivity index (χ0) is 27.5. The smallest absolute Gasteiger partial charge is 0.167 e. The molecule has 206 valence electrons. The van der Waals surface area contributed by atoms with Crippen molar-refractivity contribution in [2.24, 2.45) is 5.41 Å². The third-order valence-electron chi connectivity index (χ3n) is 8.35. The molecule has 4 rings (SSSR count). The maximum absolute atomic E-state index is 15.4. The van der Waals surface area contributed by atoms with Gasteiger partial charge in [-0.1, -0.05) is 157 Å². The van der Waals surface area contributed by atoms with Crippen molar-refractivity contribution in [3.05, 3.63) is 102 Å². The molecule has 0 N–H and O–H groups in total. The van der Waals surface area contributed by atoms with E-state index in [4.69, 9.17) is 0 Å². The first-order chi connectivity index (χ1) is 19.1. The number of rotatable bonds is 14. The molecule has 2 heteroatoms. The van der Waals surface area contributed by atoms with Gasteiger partial charge in [0.05, 0.1) is 0 Å². The van der Waals surface area contributed by atoms with Crippen molar-refractivity contribution in [2.75, 3.05) is 0 Å². The summed E-state index contributed by atoms with van der Waals surface area (Å²) in [7, 11) is 0. The van der Waals surface area contributed by atoms with E-state index in [1.54, 1.807) is 12.1 Å². The fraction of sp³-hybridized carbons (Fsp3) is 0.405. The lowest BCUT2D eigenvalue weighted by Gasteiger charge is -2.33. The van der Waals surface area contributed by atoms with Crippen molar-refractivity contribution >= 4 is 5.57 Å². The molecule has 1 aliphatic carbocycles. The van der Waals surface area contributed by atoms with Crippen molar-refractivity contribution in [3.8, 4) is 22.3 Å². The Kier molecular flexibility index (Phi) is 10.7. The molecule has 1 atom stereocenters. The van der Waals surface area contributed by atoms with Crippen LogP contribution < -0.4 is 0 Å². The fourth-order valence-electron chi connectivity index (χ4n) is 5.86. The molecule has 0 amide bonds. The Hall–Kier alpha value is -3.00. The predicted octanol–water partition coefficient (Wildman–Crippen LogP) is 12.0. The lowest BCUT2D eigenvalue weighted by Crippen LogP contribution is -2.20. The van der Waals surface area contributed by atoms with Gasteiger partial charge < -0.3 is 0 Å². The Labute approximate surface area is 234 Å². The summed E-state index contributed by atoms with van der Waals surface area (Å²) >= 11 is 0. The van der Waals surface area contributed by atoms with Crippen LogP contribution in [0.4, 0.5) is 8.78 Å². The van der Waals surface area contributed by atoms with Gasteiger partial charge in [-0.25, -0.2) is 8.78 Å². The minimum Gasteiger partial charge on any atom is -0.203 e. The highest BCUT2D eigenvalue weighted by molar-refractivity contribution is 5.78. The molecule has 0 radical (unpaired) electrons. The zero-order valence-corrected chi connectivity index (χ0v) is 23.8. The van der Waals surface area contributed by atoms with Crippen molar-refractivity contribution < 1.29 is 8.78 Å². The third kappa shape index (κ3) is 7.56. The molecule has 0 heterocycles. The van der Waals surface area contributed by atoms with E-state index in [1.807, 2.05) is 54.6 Å². The van der Waals surface area contributed by atoms with Gasteiger partial charge >= 0.3 is 0 Å². The molecule has 0 saturated carbocycles. The summed E-state index contributed by atoms with van der Waals surface area (Å²) in [6.45, 7) is 4.50. The molecule has 0 nitrogen and oxygen atoms in total. The Morgan fingerprint density at radius 3 is 1.79 bits per heavy atom. The number of benzene rings is 3. The second-order valence-electron chi connectivity index (χ2n) is 11.3. The average Bonchev–Trinajstić information content (AvgIpc) is 2.98. The van der Waals surface area contributed by atoms with Gasteiger partial charge in [0.25, 0.3) is 0 Å². The van der Waals surface area contributed by atoms with Crippen molar-refractivity contribution in [2.45, 2.75) is 90.9 Å². The van der Waals surface area contributed by atoms with E-state index < -0.39 is 11.6 Å². The van der Waals surface area contributed by atoms with E-state index >= 15 is 8.78 Å². The van der Waals surface area contributed by atoms with Crippen molar-refractivity contribution in [1.82, 2.24) is 0 Å². The van der Waals surface area contributed by atoms with E-state index in [0.29, 0.717) is 16.7 Å². The minimum atomic E-state index is -0.777. The minimum absolute atomic E-state index is 0.152. The summed E-state index contributed by atoms with van der Waals surface area (Å²) in [5.74, 6) is -1.54. The molecule has 39 heavy (non-hydrogen) atoms. The van der Waals surface area contributed by atoms with Gasteiger partial charge in [0, 0.05) is 11.1 Å². The van der Waals surface area contributed by atoms with Crippen LogP contribution >= 0.6 is 0 Å². The summed E-state index contributed by atoms with van der Waals surface area (Å²) in [5.41, 5.74) is 4.44. The summed E-state index contributed by atoms with van der Waals surface area (Å²) in [5, 5.41) is 0. The first-order valence-corrected chi connectivity index (χ1v) is 15.1. The van der Waals surface area contributed by atoms with Crippen LogP contribution in [0.2, 0.25) is 0 Å². The summed E-state index contributed by atoms with van der Waals surface area (Å²) < 4.78 is 30.8. The standard InChI is InChI=1S/C37H44F2/c1-3-5-7-8-9-14-26-37(25-13-6-4-2)27-23-32(24-28-37)34-22-21-33(35(38)36(34)39)31-19-17-30(18-20-31)29-15-11-10-12-16-29/h10-12,15-24,27H,3-9,13-14,25-26,28H2,1-2H3. The second-order valence-corrected chi connectivity index (χ2v) is 11.3. The van der Waals surface area contributed by atoms with Gasteiger partial charge in [0.2, 0.25) is 0 Å². The molecule has 0 fully saturated rings. The van der Waals surface area contributed by atoms with Crippen molar-refractivity contribution in [3.63, 3.8) is 0 Å². The van der Waals surface area contributed by atoms with Gasteiger partial charge in [-0.15, -0.1) is 0 Å². The number of halogens is 2. The molecule has 1 unspecified atom stereocenters. The van der Waals surface area contributed by atoms with E-state index in [0.717, 1.165) is 23.1 Å². The first-order valence-electron chi connectivity index (χ1n) is 15.1. The highest BCUT2D eigenvalue weighted by Gasteiger charge is 2.28. The number of hydrogen-bond donors (Lipinski definition) is 0. The quantitative estimate of drug-likeness (QED) is 0.183. The van der Waals surface area contributed by atoms with Gasteiger partial charge in [-0.05, 0) is 46.9 Å². The lowest BCUT2D eigenvalue weighted by atomic mass is 9.72. The monoisotopic (exact) mass is 526 g/mol. The highest BCUT2D eigenvalue weighted by atomic mass is 19.2. The molecule has 0 aliphatic heterocycles. The van der Waals surface area contributed by atoms with Gasteiger partial charge in [0.1, 0.15) is 0 Å². The van der Waals surface area contributed by atoms with E-state index in [-0.39, 0.29) is 5.41 Å². The second kappa shape index (κ2) is 14.4. The van der Waals surface area contributed by atoms with E-state index in [1.165, 1.54) is 70.6 Å². The van der Waals surface area contributed by atoms with Crippen LogP contribution in [-0.2, 0) is 0 Å². The zero-order valence-electron chi connectivity index (χ0n) is 23.8. The third-order valence-corrected chi connectivity index (χ3v) is 8.35. The molecular weight excluding hydrogens is 482 g/mol. The highest BCUT2D eigenvalue weighted by Crippen LogP contribution is 2.42. The fourth-order valence-corrected chi connectivity index (χ4v) is 5.86. The predicted molar refractivity (Wildman–Crippen MR) is 164 cm³/mol. The summed E-state index contributed by atoms with van der Waals surface area (Å²) in [6.07, 6.45) is 21.2. The molecule has 0 saturated heterocycles. The summed E-state index contributed by atoms with van der Waals surface area (Å²) in [6, 6.07) is 21.2. The molecule has 0 bridgehead atoms. The number of hydrogen-bond acceptors (Lipinski definition) is 0. The molecule has 3 aromatic carbocycles. The van der Waals surface area contributed by atoms with Crippen LogP contribution in [0.15, 0.2) is 85.0 Å². The van der Waals surface area contributed by atoms with E-state index in [2.05, 4.69) is 32.1 Å². The Bertz CT molecular complexity index is 1240. The maximum Gasteiger partial charge on any atom is 0.167 e. The Morgan fingerprint density at radius 2 is 1.13 bits per heavy atom. The normalized spacial score (nSPS) is 16.9. The maximum atomic E-state index is 15.4. The number of allylic oxidation sites excluding steroid dienone is 4. The molecule has 0 spiro atoms. The van der Waals surface area contributed by atoms with Crippen LogP contribution in [0.1, 0.15) is 96.5 Å². The lowest BCUT2D eigenvalue weighted by molar-refractivity contribution is 0.298. The SMILES string of the molecule is CCCCCCCCC1(CCCCC)C=CC(c2ccc(-c3ccc(-c4ccccc4)cc3)c(F)c2F)=CC1. The number of unbranched alkanes of at least 4 members (excludes halogenated alkanes) is 7. The van der Waals surface area contributed by atoms with Crippen LogP contribution in [0, 0.1) is 17.0 Å². The van der Waals surface area contributed by atoms with E-state index in [9.17, 15) is 0 Å². The Balaban J connectivity index is 1.47. The molecular formula is C37H44F2. The molecule has 0 aromatic heterocycles. The van der Waals surface area contributed by atoms with Crippen LogP contribution in [0.5, 0.6) is 0 Å². The average molecular weight is 527 g/mol. The largest absolute Gasteiger partial charge is 0.203 e. The summed E-state index contributed by atoms with van der Waals surface area (Å²) in [4.78, 5) is 0. The Morgan fingerprint density at radius 1 is 0.590 bits per heavy atom.